The molecule has 0 spiro atoms. The number of nitrogens with zero attached hydrogens (tertiary/aromatic N) is 1. The van der Waals surface area contributed by atoms with E-state index in [1.54, 1.807) is 0 Å². The summed E-state index contributed by atoms with van der Waals surface area (Å²) in [6.45, 7) is 3.31. The molecule has 1 saturated carbocycles. The van der Waals surface area contributed by atoms with Crippen LogP contribution in [0.2, 0.25) is 0 Å². The fourth-order valence-corrected chi connectivity index (χ4v) is 3.01. The first-order chi connectivity index (χ1) is 8.74. The lowest BCUT2D eigenvalue weighted by Crippen LogP contribution is -2.33. The van der Waals surface area contributed by atoms with Crippen LogP contribution in [0, 0.1) is 5.92 Å². The third-order valence-corrected chi connectivity index (χ3v) is 4.22. The Morgan fingerprint density at radius 1 is 1.22 bits per heavy atom. The molecule has 1 amide bonds. The maximum atomic E-state index is 11.7. The summed E-state index contributed by atoms with van der Waals surface area (Å²) < 4.78 is 0. The molecule has 2 rings (SSSR count). The number of amides is 1. The molecule has 0 aromatic rings. The zero-order chi connectivity index (χ0) is 12.8. The molecule has 104 valence electrons. The van der Waals surface area contributed by atoms with Gasteiger partial charge in [-0.3, -0.25) is 4.79 Å². The van der Waals surface area contributed by atoms with Gasteiger partial charge in [0.15, 0.2) is 0 Å². The van der Waals surface area contributed by atoms with E-state index >= 15 is 0 Å². The molecule has 0 radical (unpaired) electrons. The van der Waals surface area contributed by atoms with E-state index in [1.807, 2.05) is 0 Å². The number of hydrogen-bond acceptors (Lipinski definition) is 3. The molecule has 1 atom stereocenters. The number of rotatable bonds is 5. The Labute approximate surface area is 110 Å². The standard InChI is InChI=1S/C14H26N2O2/c17-13-6-8-16(11-13)9-7-14(18)15-10-12-4-2-1-3-5-12/h12-13,17H,1-11H2,(H,15,18). The molecule has 1 unspecified atom stereocenters. The van der Waals surface area contributed by atoms with Crippen molar-refractivity contribution in [1.82, 2.24) is 10.2 Å². The lowest BCUT2D eigenvalue weighted by Gasteiger charge is -2.22. The van der Waals surface area contributed by atoms with Gasteiger partial charge in [0.1, 0.15) is 0 Å². The summed E-state index contributed by atoms with van der Waals surface area (Å²) in [4.78, 5) is 13.9. The summed E-state index contributed by atoms with van der Waals surface area (Å²) in [5, 5.41) is 12.5. The van der Waals surface area contributed by atoms with Crippen LogP contribution in [0.3, 0.4) is 0 Å². The predicted molar refractivity (Wildman–Crippen MR) is 71.3 cm³/mol. The molecule has 18 heavy (non-hydrogen) atoms. The van der Waals surface area contributed by atoms with Crippen LogP contribution in [0.25, 0.3) is 0 Å². The van der Waals surface area contributed by atoms with Crippen LogP contribution in [0.1, 0.15) is 44.9 Å². The van der Waals surface area contributed by atoms with Gasteiger partial charge in [-0.1, -0.05) is 19.3 Å². The molecule has 4 nitrogen and oxygen atoms in total. The molecular weight excluding hydrogens is 228 g/mol. The SMILES string of the molecule is O=C(CCN1CCC(O)C1)NCC1CCCCC1. The lowest BCUT2D eigenvalue weighted by molar-refractivity contribution is -0.121. The van der Waals surface area contributed by atoms with Crippen LogP contribution >= 0.6 is 0 Å². The number of aliphatic hydroxyl groups excluding tert-OH is 1. The van der Waals surface area contributed by atoms with Crippen molar-refractivity contribution in [1.29, 1.82) is 0 Å². The number of likely N-dealkylation sites (tertiary alicyclic amines) is 1. The monoisotopic (exact) mass is 254 g/mol. The van der Waals surface area contributed by atoms with Crippen molar-refractivity contribution in [2.45, 2.75) is 51.0 Å². The van der Waals surface area contributed by atoms with Crippen molar-refractivity contribution < 1.29 is 9.90 Å². The molecular formula is C14H26N2O2. The molecule has 0 aromatic heterocycles. The number of nitrogens with one attached hydrogen (secondary N) is 1. The molecule has 0 aromatic carbocycles. The predicted octanol–water partition coefficient (Wildman–Crippen LogP) is 1.14. The number of hydrogen-bond donors (Lipinski definition) is 2. The van der Waals surface area contributed by atoms with E-state index in [9.17, 15) is 9.90 Å². The molecule has 1 aliphatic heterocycles. The first kappa shape index (κ1) is 13.8. The largest absolute Gasteiger partial charge is 0.392 e. The third-order valence-electron chi connectivity index (χ3n) is 4.22. The van der Waals surface area contributed by atoms with Gasteiger partial charge in [0.25, 0.3) is 0 Å². The van der Waals surface area contributed by atoms with Gasteiger partial charge in [-0.25, -0.2) is 0 Å². The highest BCUT2D eigenvalue weighted by atomic mass is 16.3. The molecule has 4 heteroatoms. The topological polar surface area (TPSA) is 52.6 Å². The number of carbonyl (C=O) groups is 1. The Morgan fingerprint density at radius 2 is 2.00 bits per heavy atom. The summed E-state index contributed by atoms with van der Waals surface area (Å²) in [7, 11) is 0. The second-order valence-corrected chi connectivity index (χ2v) is 5.80. The molecule has 1 saturated heterocycles. The summed E-state index contributed by atoms with van der Waals surface area (Å²) in [6, 6.07) is 0. The normalized spacial score (nSPS) is 26.4. The van der Waals surface area contributed by atoms with Gasteiger partial charge in [0, 0.05) is 32.6 Å². The minimum atomic E-state index is -0.185. The zero-order valence-corrected chi connectivity index (χ0v) is 11.2. The maximum Gasteiger partial charge on any atom is 0.221 e. The van der Waals surface area contributed by atoms with E-state index in [4.69, 9.17) is 0 Å². The van der Waals surface area contributed by atoms with Gasteiger partial charge in [-0.05, 0) is 25.2 Å². The average molecular weight is 254 g/mol. The number of β-amino-alcohol motifs (C(OH)–C–C–N with tert-alkyl or cyclic N) is 1. The van der Waals surface area contributed by atoms with Crippen molar-refractivity contribution in [2.75, 3.05) is 26.2 Å². The van der Waals surface area contributed by atoms with Crippen LogP contribution in [0.5, 0.6) is 0 Å². The minimum Gasteiger partial charge on any atom is -0.392 e. The van der Waals surface area contributed by atoms with E-state index in [-0.39, 0.29) is 12.0 Å². The summed E-state index contributed by atoms with van der Waals surface area (Å²) in [5.41, 5.74) is 0. The second-order valence-electron chi connectivity index (χ2n) is 5.80. The van der Waals surface area contributed by atoms with Gasteiger partial charge in [-0.15, -0.1) is 0 Å². The Bertz CT molecular complexity index is 254. The van der Waals surface area contributed by atoms with E-state index in [1.165, 1.54) is 32.1 Å². The fourth-order valence-electron chi connectivity index (χ4n) is 3.01. The third kappa shape index (κ3) is 4.58. The molecule has 2 N–H and O–H groups in total. The summed E-state index contributed by atoms with van der Waals surface area (Å²) in [6.07, 6.45) is 7.80. The second kappa shape index (κ2) is 7.10. The van der Waals surface area contributed by atoms with Crippen molar-refractivity contribution in [2.24, 2.45) is 5.92 Å². The molecule has 2 aliphatic rings. The molecule has 0 bridgehead atoms. The van der Waals surface area contributed by atoms with Crippen LogP contribution in [0.4, 0.5) is 0 Å². The first-order valence-corrected chi connectivity index (χ1v) is 7.41. The van der Waals surface area contributed by atoms with Crippen molar-refractivity contribution in [3.8, 4) is 0 Å². The smallest absolute Gasteiger partial charge is 0.221 e. The highest BCUT2D eigenvalue weighted by Gasteiger charge is 2.20. The Kier molecular flexibility index (Phi) is 5.45. The van der Waals surface area contributed by atoms with Gasteiger partial charge in [-0.2, -0.15) is 0 Å². The fraction of sp³-hybridized carbons (Fsp3) is 0.929. The lowest BCUT2D eigenvalue weighted by atomic mass is 9.89. The molecule has 2 fully saturated rings. The first-order valence-electron chi connectivity index (χ1n) is 7.41. The highest BCUT2D eigenvalue weighted by Crippen LogP contribution is 2.22. The Morgan fingerprint density at radius 3 is 2.67 bits per heavy atom. The molecule has 1 aliphatic carbocycles. The van der Waals surface area contributed by atoms with Crippen molar-refractivity contribution in [3.05, 3.63) is 0 Å². The van der Waals surface area contributed by atoms with Gasteiger partial charge in [0.05, 0.1) is 6.10 Å². The average Bonchev–Trinajstić information content (AvgIpc) is 2.81. The van der Waals surface area contributed by atoms with Crippen LogP contribution in [-0.2, 0) is 4.79 Å². The Balaban J connectivity index is 1.54. The quantitative estimate of drug-likeness (QED) is 0.773. The maximum absolute atomic E-state index is 11.7. The van der Waals surface area contributed by atoms with E-state index in [2.05, 4.69) is 10.2 Å². The highest BCUT2D eigenvalue weighted by molar-refractivity contribution is 5.76. The van der Waals surface area contributed by atoms with Gasteiger partial charge < -0.3 is 15.3 Å². The number of carbonyl (C=O) groups excluding carboxylic acids is 1. The van der Waals surface area contributed by atoms with E-state index < -0.39 is 0 Å². The number of aliphatic hydroxyl groups is 1. The van der Waals surface area contributed by atoms with E-state index in [0.717, 1.165) is 32.6 Å². The summed E-state index contributed by atoms with van der Waals surface area (Å²) in [5.74, 6) is 0.873. The van der Waals surface area contributed by atoms with Crippen LogP contribution in [0.15, 0.2) is 0 Å². The zero-order valence-electron chi connectivity index (χ0n) is 11.2. The van der Waals surface area contributed by atoms with Crippen molar-refractivity contribution >= 4 is 5.91 Å². The van der Waals surface area contributed by atoms with Crippen molar-refractivity contribution in [3.63, 3.8) is 0 Å². The minimum absolute atomic E-state index is 0.168. The Hall–Kier alpha value is -0.610. The summed E-state index contributed by atoms with van der Waals surface area (Å²) >= 11 is 0. The van der Waals surface area contributed by atoms with Gasteiger partial charge in [0.2, 0.25) is 5.91 Å². The van der Waals surface area contributed by atoms with E-state index in [0.29, 0.717) is 12.3 Å². The van der Waals surface area contributed by atoms with Gasteiger partial charge >= 0.3 is 0 Å². The van der Waals surface area contributed by atoms with Crippen LogP contribution in [-0.4, -0.2) is 48.2 Å². The van der Waals surface area contributed by atoms with Crippen LogP contribution < -0.4 is 5.32 Å². The molecule has 1 heterocycles.